The predicted octanol–water partition coefficient (Wildman–Crippen LogP) is 0.466. The van der Waals surface area contributed by atoms with E-state index in [0.29, 0.717) is 4.73 Å². The fraction of sp³-hybridized carbons (Fsp3) is 0.400. The molecular weight excluding hydrogens is 246 g/mol. The SMILES string of the molecule is CNC.O=S(O)n1ccnc1Br. The number of nitrogens with zero attached hydrogens (tertiary/aromatic N) is 2. The van der Waals surface area contributed by atoms with Gasteiger partial charge in [0.2, 0.25) is 0 Å². The van der Waals surface area contributed by atoms with Crippen LogP contribution in [-0.2, 0) is 11.3 Å². The van der Waals surface area contributed by atoms with Crippen molar-refractivity contribution in [2.24, 2.45) is 0 Å². The zero-order valence-electron chi connectivity index (χ0n) is 6.69. The van der Waals surface area contributed by atoms with E-state index in [0.717, 1.165) is 3.97 Å². The molecule has 0 fully saturated rings. The van der Waals surface area contributed by atoms with E-state index in [1.807, 2.05) is 14.1 Å². The molecule has 1 aromatic heterocycles. The third kappa shape index (κ3) is 3.96. The Morgan fingerprint density at radius 3 is 2.42 bits per heavy atom. The summed E-state index contributed by atoms with van der Waals surface area (Å²) in [6.07, 6.45) is 2.83. The first-order valence-electron chi connectivity index (χ1n) is 3.02. The summed E-state index contributed by atoms with van der Waals surface area (Å²) in [5.41, 5.74) is 0. The molecule has 0 saturated carbocycles. The van der Waals surface area contributed by atoms with Crippen molar-refractivity contribution in [1.82, 2.24) is 14.3 Å². The van der Waals surface area contributed by atoms with Crippen molar-refractivity contribution in [2.45, 2.75) is 0 Å². The van der Waals surface area contributed by atoms with E-state index in [-0.39, 0.29) is 0 Å². The van der Waals surface area contributed by atoms with E-state index in [4.69, 9.17) is 4.55 Å². The van der Waals surface area contributed by atoms with Crippen molar-refractivity contribution in [3.8, 4) is 0 Å². The molecule has 1 aromatic rings. The van der Waals surface area contributed by atoms with Gasteiger partial charge in [0.25, 0.3) is 11.3 Å². The fourth-order valence-electron chi connectivity index (χ4n) is 0.390. The summed E-state index contributed by atoms with van der Waals surface area (Å²) < 4.78 is 20.2. The van der Waals surface area contributed by atoms with Gasteiger partial charge in [0.1, 0.15) is 0 Å². The van der Waals surface area contributed by atoms with Crippen LogP contribution in [0.5, 0.6) is 0 Å². The monoisotopic (exact) mass is 255 g/mol. The average molecular weight is 256 g/mol. The molecule has 0 radical (unpaired) electrons. The van der Waals surface area contributed by atoms with Crippen LogP contribution < -0.4 is 5.32 Å². The Morgan fingerprint density at radius 1 is 1.75 bits per heavy atom. The molecule has 2 N–H and O–H groups in total. The van der Waals surface area contributed by atoms with Crippen molar-refractivity contribution in [2.75, 3.05) is 14.1 Å². The molecule has 0 aliphatic rings. The normalized spacial score (nSPS) is 11.7. The van der Waals surface area contributed by atoms with Crippen LogP contribution in [0.2, 0.25) is 0 Å². The molecule has 0 saturated heterocycles. The van der Waals surface area contributed by atoms with Gasteiger partial charge >= 0.3 is 0 Å². The second-order valence-electron chi connectivity index (χ2n) is 1.75. The maximum absolute atomic E-state index is 10.3. The van der Waals surface area contributed by atoms with Crippen LogP contribution in [0.1, 0.15) is 0 Å². The Bertz CT molecular complexity index is 253. The van der Waals surface area contributed by atoms with E-state index in [2.05, 4.69) is 26.2 Å². The van der Waals surface area contributed by atoms with Crippen LogP contribution in [0.15, 0.2) is 17.1 Å². The maximum atomic E-state index is 10.3. The summed E-state index contributed by atoms with van der Waals surface area (Å²) in [5.74, 6) is 0. The van der Waals surface area contributed by atoms with Gasteiger partial charge in [-0.05, 0) is 30.0 Å². The minimum Gasteiger partial charge on any atom is -0.323 e. The number of halogens is 1. The first-order valence-corrected chi connectivity index (χ1v) is 4.87. The van der Waals surface area contributed by atoms with Gasteiger partial charge in [0.05, 0.1) is 0 Å². The minimum absolute atomic E-state index is 0.350. The summed E-state index contributed by atoms with van der Waals surface area (Å²) in [7, 11) is 3.75. The highest BCUT2D eigenvalue weighted by Gasteiger charge is 2.00. The molecule has 0 bridgehead atoms. The molecule has 12 heavy (non-hydrogen) atoms. The quantitative estimate of drug-likeness (QED) is 0.716. The summed E-state index contributed by atoms with van der Waals surface area (Å²) >= 11 is 0.964. The highest BCUT2D eigenvalue weighted by atomic mass is 79.9. The highest BCUT2D eigenvalue weighted by molar-refractivity contribution is 9.10. The van der Waals surface area contributed by atoms with Gasteiger partial charge in [0.15, 0.2) is 4.73 Å². The van der Waals surface area contributed by atoms with Gasteiger partial charge in [-0.15, -0.1) is 0 Å². The van der Waals surface area contributed by atoms with Crippen LogP contribution in [0.3, 0.4) is 0 Å². The van der Waals surface area contributed by atoms with Crippen LogP contribution in [0, 0.1) is 0 Å². The average Bonchev–Trinajstić information content (AvgIpc) is 2.36. The second kappa shape index (κ2) is 6.30. The molecule has 0 aliphatic heterocycles. The minimum atomic E-state index is -2.00. The Balaban J connectivity index is 0.000000354. The summed E-state index contributed by atoms with van der Waals surface area (Å²) in [6.45, 7) is 0. The van der Waals surface area contributed by atoms with Gasteiger partial charge in [0, 0.05) is 12.4 Å². The molecule has 1 atom stereocenters. The lowest BCUT2D eigenvalue weighted by atomic mass is 11.0. The van der Waals surface area contributed by atoms with Crippen LogP contribution >= 0.6 is 15.9 Å². The van der Waals surface area contributed by atoms with E-state index < -0.39 is 11.3 Å². The molecule has 0 amide bonds. The highest BCUT2D eigenvalue weighted by Crippen LogP contribution is 2.05. The lowest BCUT2D eigenvalue weighted by Crippen LogP contribution is -2.00. The maximum Gasteiger partial charge on any atom is 0.267 e. The summed E-state index contributed by atoms with van der Waals surface area (Å²) in [5, 5.41) is 2.75. The topological polar surface area (TPSA) is 67.2 Å². The smallest absolute Gasteiger partial charge is 0.267 e. The zero-order valence-corrected chi connectivity index (χ0v) is 9.09. The Labute approximate surface area is 81.7 Å². The summed E-state index contributed by atoms with van der Waals surface area (Å²) in [4.78, 5) is 3.66. The van der Waals surface area contributed by atoms with Gasteiger partial charge in [-0.2, -0.15) is 0 Å². The molecule has 0 aliphatic carbocycles. The largest absolute Gasteiger partial charge is 0.323 e. The molecule has 1 rings (SSSR count). The van der Waals surface area contributed by atoms with E-state index in [1.54, 1.807) is 0 Å². The van der Waals surface area contributed by atoms with Crippen molar-refractivity contribution in [3.05, 3.63) is 17.1 Å². The number of nitrogens with one attached hydrogen (secondary N) is 1. The van der Waals surface area contributed by atoms with Gasteiger partial charge < -0.3 is 5.32 Å². The van der Waals surface area contributed by atoms with Gasteiger partial charge in [-0.25, -0.2) is 13.2 Å². The molecule has 0 aromatic carbocycles. The van der Waals surface area contributed by atoms with Crippen molar-refractivity contribution in [1.29, 1.82) is 0 Å². The van der Waals surface area contributed by atoms with E-state index in [1.165, 1.54) is 12.4 Å². The Kier molecular flexibility index (Phi) is 6.17. The number of hydrogen-bond donors (Lipinski definition) is 2. The molecule has 1 unspecified atom stereocenters. The third-order valence-electron chi connectivity index (χ3n) is 0.733. The van der Waals surface area contributed by atoms with Gasteiger partial charge in [-0.1, -0.05) is 0 Å². The number of rotatable bonds is 1. The molecule has 70 valence electrons. The molecular formula is C5H10BrN3O2S. The molecule has 0 spiro atoms. The van der Waals surface area contributed by atoms with Crippen molar-refractivity contribution < 1.29 is 8.76 Å². The number of imidazole rings is 1. The van der Waals surface area contributed by atoms with Crippen LogP contribution in [0.25, 0.3) is 0 Å². The van der Waals surface area contributed by atoms with E-state index in [9.17, 15) is 4.21 Å². The van der Waals surface area contributed by atoms with Crippen LogP contribution in [0.4, 0.5) is 0 Å². The number of aromatic nitrogens is 2. The summed E-state index contributed by atoms with van der Waals surface area (Å²) in [6, 6.07) is 0. The van der Waals surface area contributed by atoms with Gasteiger partial charge in [-0.3, -0.25) is 4.55 Å². The molecule has 5 nitrogen and oxygen atoms in total. The third-order valence-corrected chi connectivity index (χ3v) is 2.19. The van der Waals surface area contributed by atoms with Crippen LogP contribution in [-0.4, -0.2) is 31.8 Å². The molecule has 7 heteroatoms. The van der Waals surface area contributed by atoms with Crippen molar-refractivity contribution >= 4 is 27.2 Å². The lowest BCUT2D eigenvalue weighted by Gasteiger charge is -1.91. The Hall–Kier alpha value is -0.240. The first-order chi connectivity index (χ1) is 5.63. The standard InChI is InChI=1S/C3H3BrN2O2S.C2H7N/c4-3-5-1-2-6(3)9(7)8;1-3-2/h1-2H,(H,7,8);3H,1-2H3. The number of hydrogen-bond acceptors (Lipinski definition) is 3. The second-order valence-corrected chi connectivity index (χ2v) is 3.32. The van der Waals surface area contributed by atoms with E-state index >= 15 is 0 Å². The molecule has 1 heterocycles. The Morgan fingerprint density at radius 2 is 2.25 bits per heavy atom. The predicted molar refractivity (Wildman–Crippen MR) is 51.1 cm³/mol. The van der Waals surface area contributed by atoms with Crippen molar-refractivity contribution in [3.63, 3.8) is 0 Å². The fourth-order valence-corrected chi connectivity index (χ4v) is 1.33. The first kappa shape index (κ1) is 11.8. The zero-order chi connectivity index (χ0) is 9.56. The lowest BCUT2D eigenvalue weighted by molar-refractivity contribution is 0.553.